The summed E-state index contributed by atoms with van der Waals surface area (Å²) in [4.78, 5) is 14.3. The monoisotopic (exact) mass is 301 g/mol. The Kier molecular flexibility index (Phi) is 8.57. The predicted molar refractivity (Wildman–Crippen MR) is 96.0 cm³/mol. The molecular weight excluding hydrogens is 270 g/mol. The maximum absolute atomic E-state index is 12.3. The Morgan fingerprint density at radius 2 is 1.59 bits per heavy atom. The molecule has 2 nitrogen and oxygen atoms in total. The summed E-state index contributed by atoms with van der Waals surface area (Å²) in [5.74, 6) is 0.674. The molecule has 0 unspecified atom stereocenters. The van der Waals surface area contributed by atoms with Gasteiger partial charge in [-0.2, -0.15) is 0 Å². The second kappa shape index (κ2) is 10.2. The van der Waals surface area contributed by atoms with Crippen molar-refractivity contribution in [3.63, 3.8) is 0 Å². The highest BCUT2D eigenvalue weighted by atomic mass is 16.2. The SMILES string of the molecule is CCCCN(CCCC)C(=O)/C=C/c1ccc(C(C)C)cc1. The van der Waals surface area contributed by atoms with Crippen molar-refractivity contribution in [3.05, 3.63) is 41.5 Å². The van der Waals surface area contributed by atoms with Gasteiger partial charge in [-0.05, 0) is 36.0 Å². The maximum atomic E-state index is 12.3. The van der Waals surface area contributed by atoms with Crippen LogP contribution in [-0.2, 0) is 4.79 Å². The number of carbonyl (C=O) groups excluding carboxylic acids is 1. The zero-order valence-electron chi connectivity index (χ0n) is 14.6. The number of hydrogen-bond donors (Lipinski definition) is 0. The quantitative estimate of drug-likeness (QED) is 0.570. The van der Waals surface area contributed by atoms with E-state index in [1.54, 1.807) is 6.08 Å². The molecule has 122 valence electrons. The largest absolute Gasteiger partial charge is 0.339 e. The highest BCUT2D eigenvalue weighted by Crippen LogP contribution is 2.15. The third kappa shape index (κ3) is 6.46. The van der Waals surface area contributed by atoms with E-state index in [9.17, 15) is 4.79 Å². The van der Waals surface area contributed by atoms with Crippen LogP contribution in [0.15, 0.2) is 30.3 Å². The summed E-state index contributed by atoms with van der Waals surface area (Å²) in [6.45, 7) is 10.4. The number of carbonyl (C=O) groups is 1. The third-order valence-corrected chi connectivity index (χ3v) is 3.90. The second-order valence-corrected chi connectivity index (χ2v) is 6.19. The Balaban J connectivity index is 2.65. The molecule has 0 aromatic heterocycles. The number of unbranched alkanes of at least 4 members (excludes halogenated alkanes) is 2. The van der Waals surface area contributed by atoms with Crippen LogP contribution < -0.4 is 0 Å². The molecular formula is C20H31NO. The van der Waals surface area contributed by atoms with E-state index < -0.39 is 0 Å². The summed E-state index contributed by atoms with van der Waals surface area (Å²) in [6.07, 6.45) is 8.04. The molecule has 0 heterocycles. The lowest BCUT2D eigenvalue weighted by Gasteiger charge is -2.20. The zero-order chi connectivity index (χ0) is 16.4. The molecule has 0 radical (unpaired) electrons. The Bertz CT molecular complexity index is 451. The van der Waals surface area contributed by atoms with Gasteiger partial charge in [-0.25, -0.2) is 0 Å². The molecule has 1 aromatic rings. The molecule has 0 fully saturated rings. The van der Waals surface area contributed by atoms with Crippen LogP contribution in [0.25, 0.3) is 6.08 Å². The molecule has 1 amide bonds. The Labute approximate surface area is 136 Å². The average molecular weight is 301 g/mol. The molecule has 0 aliphatic heterocycles. The number of nitrogens with zero attached hydrogens (tertiary/aromatic N) is 1. The van der Waals surface area contributed by atoms with Crippen molar-refractivity contribution in [2.24, 2.45) is 0 Å². The minimum atomic E-state index is 0.134. The molecule has 22 heavy (non-hydrogen) atoms. The Morgan fingerprint density at radius 3 is 2.05 bits per heavy atom. The van der Waals surface area contributed by atoms with Gasteiger partial charge in [-0.3, -0.25) is 4.79 Å². The average Bonchev–Trinajstić information content (AvgIpc) is 2.53. The molecule has 0 N–H and O–H groups in total. The molecule has 1 aromatic carbocycles. The van der Waals surface area contributed by atoms with Gasteiger partial charge < -0.3 is 4.90 Å². The van der Waals surface area contributed by atoms with Crippen molar-refractivity contribution in [1.82, 2.24) is 4.90 Å². The van der Waals surface area contributed by atoms with Crippen molar-refractivity contribution >= 4 is 12.0 Å². The van der Waals surface area contributed by atoms with Gasteiger partial charge in [0.2, 0.25) is 5.91 Å². The second-order valence-electron chi connectivity index (χ2n) is 6.19. The number of rotatable bonds is 9. The van der Waals surface area contributed by atoms with Crippen LogP contribution in [0, 0.1) is 0 Å². The van der Waals surface area contributed by atoms with Crippen LogP contribution in [0.1, 0.15) is 70.4 Å². The summed E-state index contributed by atoms with van der Waals surface area (Å²) in [5, 5.41) is 0. The first kappa shape index (κ1) is 18.5. The van der Waals surface area contributed by atoms with E-state index in [-0.39, 0.29) is 5.91 Å². The van der Waals surface area contributed by atoms with Gasteiger partial charge >= 0.3 is 0 Å². The van der Waals surface area contributed by atoms with Gasteiger partial charge in [-0.1, -0.05) is 64.8 Å². The van der Waals surface area contributed by atoms with Gasteiger partial charge in [0.05, 0.1) is 0 Å². The summed E-state index contributed by atoms with van der Waals surface area (Å²) in [7, 11) is 0. The van der Waals surface area contributed by atoms with Crippen molar-refractivity contribution in [3.8, 4) is 0 Å². The maximum Gasteiger partial charge on any atom is 0.246 e. The number of hydrogen-bond acceptors (Lipinski definition) is 1. The van der Waals surface area contributed by atoms with E-state index in [4.69, 9.17) is 0 Å². The highest BCUT2D eigenvalue weighted by molar-refractivity contribution is 5.91. The van der Waals surface area contributed by atoms with Crippen LogP contribution >= 0.6 is 0 Å². The predicted octanol–water partition coefficient (Wildman–Crippen LogP) is 5.25. The highest BCUT2D eigenvalue weighted by Gasteiger charge is 2.09. The summed E-state index contributed by atoms with van der Waals surface area (Å²) >= 11 is 0. The van der Waals surface area contributed by atoms with E-state index in [0.717, 1.165) is 44.3 Å². The molecule has 0 saturated heterocycles. The molecule has 0 atom stereocenters. The lowest BCUT2D eigenvalue weighted by atomic mass is 10.0. The lowest BCUT2D eigenvalue weighted by molar-refractivity contribution is -0.126. The smallest absolute Gasteiger partial charge is 0.246 e. The molecule has 0 bridgehead atoms. The van der Waals surface area contributed by atoms with Crippen LogP contribution in [0.5, 0.6) is 0 Å². The van der Waals surface area contributed by atoms with Gasteiger partial charge in [0.1, 0.15) is 0 Å². The van der Waals surface area contributed by atoms with Gasteiger partial charge in [0.15, 0.2) is 0 Å². The first-order valence-electron chi connectivity index (χ1n) is 8.65. The van der Waals surface area contributed by atoms with Crippen molar-refractivity contribution < 1.29 is 4.79 Å². The van der Waals surface area contributed by atoms with E-state index >= 15 is 0 Å². The van der Waals surface area contributed by atoms with Crippen molar-refractivity contribution in [2.75, 3.05) is 13.1 Å². The lowest BCUT2D eigenvalue weighted by Crippen LogP contribution is -2.31. The first-order chi connectivity index (χ1) is 10.6. The Morgan fingerprint density at radius 1 is 1.05 bits per heavy atom. The van der Waals surface area contributed by atoms with E-state index in [1.165, 1.54) is 5.56 Å². The van der Waals surface area contributed by atoms with E-state index in [1.807, 2.05) is 11.0 Å². The van der Waals surface area contributed by atoms with Crippen molar-refractivity contribution in [2.45, 2.75) is 59.3 Å². The van der Waals surface area contributed by atoms with Crippen LogP contribution in [0.2, 0.25) is 0 Å². The summed E-state index contributed by atoms with van der Waals surface area (Å²) in [6, 6.07) is 8.45. The fourth-order valence-electron chi connectivity index (χ4n) is 2.30. The summed E-state index contributed by atoms with van der Waals surface area (Å²) < 4.78 is 0. The van der Waals surface area contributed by atoms with Crippen LogP contribution in [-0.4, -0.2) is 23.9 Å². The summed E-state index contributed by atoms with van der Waals surface area (Å²) in [5.41, 5.74) is 2.42. The minimum Gasteiger partial charge on any atom is -0.339 e. The fourth-order valence-corrected chi connectivity index (χ4v) is 2.30. The van der Waals surface area contributed by atoms with Gasteiger partial charge in [0, 0.05) is 19.2 Å². The number of amides is 1. The minimum absolute atomic E-state index is 0.134. The van der Waals surface area contributed by atoms with E-state index in [2.05, 4.69) is 52.0 Å². The van der Waals surface area contributed by atoms with Gasteiger partial charge in [0.25, 0.3) is 0 Å². The zero-order valence-corrected chi connectivity index (χ0v) is 14.6. The molecule has 0 saturated carbocycles. The first-order valence-corrected chi connectivity index (χ1v) is 8.65. The molecule has 0 spiro atoms. The number of benzene rings is 1. The van der Waals surface area contributed by atoms with Crippen LogP contribution in [0.3, 0.4) is 0 Å². The topological polar surface area (TPSA) is 20.3 Å². The Hall–Kier alpha value is -1.57. The fraction of sp³-hybridized carbons (Fsp3) is 0.550. The third-order valence-electron chi connectivity index (χ3n) is 3.90. The van der Waals surface area contributed by atoms with Crippen LogP contribution in [0.4, 0.5) is 0 Å². The normalized spacial score (nSPS) is 11.3. The molecule has 1 rings (SSSR count). The molecule has 0 aliphatic carbocycles. The molecule has 2 heteroatoms. The molecule has 0 aliphatic rings. The van der Waals surface area contributed by atoms with Crippen molar-refractivity contribution in [1.29, 1.82) is 0 Å². The standard InChI is InChI=1S/C20H31NO/c1-5-7-15-21(16-8-6-2)20(22)14-11-18-9-12-19(13-10-18)17(3)4/h9-14,17H,5-8,15-16H2,1-4H3/b14-11+. The van der Waals surface area contributed by atoms with E-state index in [0.29, 0.717) is 5.92 Å². The van der Waals surface area contributed by atoms with Gasteiger partial charge in [-0.15, -0.1) is 0 Å².